The fourth-order valence-corrected chi connectivity index (χ4v) is 2.03. The average Bonchev–Trinajstić information content (AvgIpc) is 2.97. The molecule has 0 amide bonds. The molecule has 1 fully saturated rings. The lowest BCUT2D eigenvalue weighted by Crippen LogP contribution is -2.01. The molecule has 0 bridgehead atoms. The molecule has 1 heteroatoms. The summed E-state index contributed by atoms with van der Waals surface area (Å²) < 4.78 is 0. The Kier molecular flexibility index (Phi) is 2.42. The van der Waals surface area contributed by atoms with Crippen LogP contribution in [0.2, 0.25) is 0 Å². The highest BCUT2D eigenvalue weighted by molar-refractivity contribution is 5.22. The van der Waals surface area contributed by atoms with Gasteiger partial charge in [-0.25, -0.2) is 0 Å². The van der Waals surface area contributed by atoms with Crippen LogP contribution in [0.3, 0.4) is 0 Å². The molecule has 74 valence electrons. The zero-order valence-electron chi connectivity index (χ0n) is 8.48. The van der Waals surface area contributed by atoms with Gasteiger partial charge in [-0.1, -0.05) is 42.5 Å². The molecule has 1 aromatic carbocycles. The second-order valence-electron chi connectivity index (χ2n) is 4.21. The average molecular weight is 188 g/mol. The van der Waals surface area contributed by atoms with Gasteiger partial charge in [0.1, 0.15) is 0 Å². The van der Waals surface area contributed by atoms with Crippen molar-refractivity contribution in [3.05, 3.63) is 48.0 Å². The van der Waals surface area contributed by atoms with Crippen LogP contribution < -0.4 is 0 Å². The number of aliphatic hydroxyl groups excluding tert-OH is 1. The first kappa shape index (κ1) is 9.47. The normalized spacial score (nSPS) is 27.0. The maximum absolute atomic E-state index is 10.0. The smallest absolute Gasteiger partial charge is 0.0824 e. The van der Waals surface area contributed by atoms with Crippen molar-refractivity contribution in [1.82, 2.24) is 0 Å². The van der Waals surface area contributed by atoms with E-state index in [2.05, 4.69) is 6.58 Å². The SMILES string of the molecule is C=C(C)[C@H]1C[C@H]1[C@@H](O)c1ccccc1. The van der Waals surface area contributed by atoms with Gasteiger partial charge in [0.05, 0.1) is 6.10 Å². The highest BCUT2D eigenvalue weighted by Crippen LogP contribution is 2.50. The fourth-order valence-electron chi connectivity index (χ4n) is 2.03. The van der Waals surface area contributed by atoms with Crippen molar-refractivity contribution in [1.29, 1.82) is 0 Å². The Balaban J connectivity index is 2.05. The van der Waals surface area contributed by atoms with Gasteiger partial charge in [-0.2, -0.15) is 0 Å². The summed E-state index contributed by atoms with van der Waals surface area (Å²) in [6.07, 6.45) is 0.781. The fraction of sp³-hybridized carbons (Fsp3) is 0.385. The van der Waals surface area contributed by atoms with E-state index in [0.717, 1.165) is 12.0 Å². The first-order chi connectivity index (χ1) is 6.70. The number of hydrogen-bond donors (Lipinski definition) is 1. The van der Waals surface area contributed by atoms with Gasteiger partial charge < -0.3 is 5.11 Å². The Morgan fingerprint density at radius 1 is 1.43 bits per heavy atom. The van der Waals surface area contributed by atoms with E-state index in [9.17, 15) is 5.11 Å². The summed E-state index contributed by atoms with van der Waals surface area (Å²) in [5, 5.41) is 10.0. The lowest BCUT2D eigenvalue weighted by molar-refractivity contribution is 0.149. The van der Waals surface area contributed by atoms with Crippen molar-refractivity contribution in [3.8, 4) is 0 Å². The largest absolute Gasteiger partial charge is 0.388 e. The molecular formula is C13H16O. The third kappa shape index (κ3) is 1.73. The molecule has 0 aliphatic heterocycles. The van der Waals surface area contributed by atoms with Gasteiger partial charge in [0.15, 0.2) is 0 Å². The number of rotatable bonds is 3. The van der Waals surface area contributed by atoms with Crippen LogP contribution in [-0.4, -0.2) is 5.11 Å². The Hall–Kier alpha value is -1.08. The van der Waals surface area contributed by atoms with Crippen LogP contribution in [0.4, 0.5) is 0 Å². The molecular weight excluding hydrogens is 172 g/mol. The van der Waals surface area contributed by atoms with Gasteiger partial charge in [-0.15, -0.1) is 0 Å². The summed E-state index contributed by atoms with van der Waals surface area (Å²) >= 11 is 0. The third-order valence-electron chi connectivity index (χ3n) is 3.02. The van der Waals surface area contributed by atoms with Crippen LogP contribution in [0.15, 0.2) is 42.5 Å². The minimum absolute atomic E-state index is 0.308. The molecule has 0 spiro atoms. The van der Waals surface area contributed by atoms with Gasteiger partial charge in [-0.3, -0.25) is 0 Å². The molecule has 2 rings (SSSR count). The lowest BCUT2D eigenvalue weighted by Gasteiger charge is -2.10. The van der Waals surface area contributed by atoms with Crippen LogP contribution in [0.1, 0.15) is 25.0 Å². The van der Waals surface area contributed by atoms with Crippen molar-refractivity contribution in [2.24, 2.45) is 11.8 Å². The minimum Gasteiger partial charge on any atom is -0.388 e. The molecule has 0 saturated heterocycles. The van der Waals surface area contributed by atoms with E-state index in [1.54, 1.807) is 0 Å². The van der Waals surface area contributed by atoms with Crippen molar-refractivity contribution in [3.63, 3.8) is 0 Å². The second kappa shape index (κ2) is 3.58. The zero-order valence-corrected chi connectivity index (χ0v) is 8.48. The number of aliphatic hydroxyl groups is 1. The van der Waals surface area contributed by atoms with E-state index in [0.29, 0.717) is 11.8 Å². The second-order valence-corrected chi connectivity index (χ2v) is 4.21. The molecule has 0 radical (unpaired) electrons. The predicted molar refractivity (Wildman–Crippen MR) is 57.8 cm³/mol. The Morgan fingerprint density at radius 2 is 2.07 bits per heavy atom. The summed E-state index contributed by atoms with van der Waals surface area (Å²) in [5.41, 5.74) is 2.23. The monoisotopic (exact) mass is 188 g/mol. The van der Waals surface area contributed by atoms with Gasteiger partial charge in [0.25, 0.3) is 0 Å². The van der Waals surface area contributed by atoms with Gasteiger partial charge >= 0.3 is 0 Å². The summed E-state index contributed by atoms with van der Waals surface area (Å²) in [5.74, 6) is 0.931. The highest BCUT2D eigenvalue weighted by Gasteiger charge is 2.42. The summed E-state index contributed by atoms with van der Waals surface area (Å²) in [4.78, 5) is 0. The van der Waals surface area contributed by atoms with Gasteiger partial charge in [0, 0.05) is 0 Å². The predicted octanol–water partition coefficient (Wildman–Crippen LogP) is 2.93. The topological polar surface area (TPSA) is 20.2 Å². The van der Waals surface area contributed by atoms with E-state index in [1.165, 1.54) is 5.57 Å². The maximum Gasteiger partial charge on any atom is 0.0824 e. The summed E-state index contributed by atoms with van der Waals surface area (Å²) in [6, 6.07) is 9.88. The molecule has 1 nitrogen and oxygen atoms in total. The van der Waals surface area contributed by atoms with Crippen LogP contribution in [0.25, 0.3) is 0 Å². The molecule has 14 heavy (non-hydrogen) atoms. The van der Waals surface area contributed by atoms with Crippen molar-refractivity contribution in [2.75, 3.05) is 0 Å². The Bertz CT molecular complexity index is 328. The molecule has 1 saturated carbocycles. The Labute approximate surface area is 85.1 Å². The van der Waals surface area contributed by atoms with Crippen LogP contribution in [0, 0.1) is 11.8 Å². The van der Waals surface area contributed by atoms with E-state index < -0.39 is 0 Å². The molecule has 0 unspecified atom stereocenters. The number of benzene rings is 1. The van der Waals surface area contributed by atoms with Crippen LogP contribution in [-0.2, 0) is 0 Å². The van der Waals surface area contributed by atoms with E-state index >= 15 is 0 Å². The van der Waals surface area contributed by atoms with Crippen LogP contribution in [0.5, 0.6) is 0 Å². The van der Waals surface area contributed by atoms with Crippen molar-refractivity contribution in [2.45, 2.75) is 19.4 Å². The maximum atomic E-state index is 10.0. The minimum atomic E-state index is -0.308. The standard InChI is InChI=1S/C13H16O/c1-9(2)11-8-12(11)13(14)10-6-4-3-5-7-10/h3-7,11-14H,1,8H2,2H3/t11-,12-,13+/m1/s1. The lowest BCUT2D eigenvalue weighted by atomic mass is 10.0. The first-order valence-electron chi connectivity index (χ1n) is 5.08. The van der Waals surface area contributed by atoms with E-state index in [4.69, 9.17) is 0 Å². The van der Waals surface area contributed by atoms with E-state index in [-0.39, 0.29) is 6.10 Å². The van der Waals surface area contributed by atoms with Crippen LogP contribution >= 0.6 is 0 Å². The van der Waals surface area contributed by atoms with Crippen molar-refractivity contribution < 1.29 is 5.11 Å². The third-order valence-corrected chi connectivity index (χ3v) is 3.02. The Morgan fingerprint density at radius 3 is 2.57 bits per heavy atom. The molecule has 1 aliphatic rings. The zero-order chi connectivity index (χ0) is 10.1. The summed E-state index contributed by atoms with van der Waals surface area (Å²) in [7, 11) is 0. The number of allylic oxidation sites excluding steroid dienone is 1. The van der Waals surface area contributed by atoms with Gasteiger partial charge in [0.2, 0.25) is 0 Å². The summed E-state index contributed by atoms with van der Waals surface area (Å²) in [6.45, 7) is 5.98. The number of hydrogen-bond acceptors (Lipinski definition) is 1. The van der Waals surface area contributed by atoms with Crippen molar-refractivity contribution >= 4 is 0 Å². The molecule has 1 aliphatic carbocycles. The molecule has 3 atom stereocenters. The molecule has 1 N–H and O–H groups in total. The van der Waals surface area contributed by atoms with E-state index in [1.807, 2.05) is 37.3 Å². The molecule has 1 aromatic rings. The molecule has 0 aromatic heterocycles. The van der Waals surface area contributed by atoms with Gasteiger partial charge in [-0.05, 0) is 30.7 Å². The molecule has 0 heterocycles. The quantitative estimate of drug-likeness (QED) is 0.723. The first-order valence-corrected chi connectivity index (χ1v) is 5.08. The highest BCUT2D eigenvalue weighted by atomic mass is 16.3.